The molecule has 0 aliphatic heterocycles. The Hall–Kier alpha value is -2.99. The third kappa shape index (κ3) is 4.85. The summed E-state index contributed by atoms with van der Waals surface area (Å²) in [5.74, 6) is 0.0409. The Morgan fingerprint density at radius 3 is 2.55 bits per heavy atom. The molecule has 2 aromatic carbocycles. The summed E-state index contributed by atoms with van der Waals surface area (Å²) in [6.45, 7) is 2.27. The number of benzene rings is 2. The van der Waals surface area contributed by atoms with Crippen molar-refractivity contribution in [3.63, 3.8) is 0 Å². The van der Waals surface area contributed by atoms with E-state index in [2.05, 4.69) is 30.4 Å². The van der Waals surface area contributed by atoms with E-state index < -0.39 is 9.84 Å². The number of hydrogen-bond acceptors (Lipinski definition) is 4. The molecule has 0 radical (unpaired) electrons. The number of rotatable bonds is 5. The van der Waals surface area contributed by atoms with Crippen LogP contribution in [0, 0.1) is 5.92 Å². The number of carbonyl (C=O) groups is 1. The summed E-state index contributed by atoms with van der Waals surface area (Å²) in [7, 11) is -3.15. The van der Waals surface area contributed by atoms with Crippen molar-refractivity contribution in [1.29, 1.82) is 0 Å². The first-order chi connectivity index (χ1) is 14.8. The molecule has 1 aromatic heterocycles. The second-order valence-electron chi connectivity index (χ2n) is 8.31. The molecule has 5 nitrogen and oxygen atoms in total. The lowest BCUT2D eigenvalue weighted by Crippen LogP contribution is -2.31. The van der Waals surface area contributed by atoms with E-state index in [4.69, 9.17) is 4.98 Å². The Morgan fingerprint density at radius 1 is 1.10 bits per heavy atom. The van der Waals surface area contributed by atoms with Gasteiger partial charge in [0.15, 0.2) is 0 Å². The summed E-state index contributed by atoms with van der Waals surface area (Å²) in [5.41, 5.74) is 5.41. The lowest BCUT2D eigenvalue weighted by molar-refractivity contribution is 0.0956. The molecule has 1 unspecified atom stereocenters. The average molecular weight is 435 g/mol. The van der Waals surface area contributed by atoms with Gasteiger partial charge in [-0.25, -0.2) is 13.4 Å². The molecule has 0 saturated heterocycles. The van der Waals surface area contributed by atoms with E-state index in [1.165, 1.54) is 6.26 Å². The smallest absolute Gasteiger partial charge is 0.252 e. The highest BCUT2D eigenvalue weighted by atomic mass is 32.2. The van der Waals surface area contributed by atoms with Gasteiger partial charge in [0.25, 0.3) is 5.91 Å². The van der Waals surface area contributed by atoms with E-state index in [0.29, 0.717) is 11.5 Å². The van der Waals surface area contributed by atoms with Crippen LogP contribution in [0.3, 0.4) is 0 Å². The first kappa shape index (κ1) is 21.2. The van der Waals surface area contributed by atoms with Crippen LogP contribution >= 0.6 is 0 Å². The minimum Gasteiger partial charge on any atom is -0.351 e. The molecule has 0 spiro atoms. The van der Waals surface area contributed by atoms with Crippen LogP contribution in [0.15, 0.2) is 54.6 Å². The number of amides is 1. The quantitative estimate of drug-likeness (QED) is 0.655. The fourth-order valence-corrected chi connectivity index (χ4v) is 4.66. The van der Waals surface area contributed by atoms with Gasteiger partial charge < -0.3 is 5.32 Å². The zero-order chi connectivity index (χ0) is 22.0. The maximum Gasteiger partial charge on any atom is 0.252 e. The molecule has 31 heavy (non-hydrogen) atoms. The van der Waals surface area contributed by atoms with Gasteiger partial charge in [-0.15, -0.1) is 0 Å². The van der Waals surface area contributed by atoms with Crippen molar-refractivity contribution in [2.24, 2.45) is 5.92 Å². The molecule has 1 aliphatic carbocycles. The average Bonchev–Trinajstić information content (AvgIpc) is 2.72. The predicted molar refractivity (Wildman–Crippen MR) is 126 cm³/mol. The lowest BCUT2D eigenvalue weighted by atomic mass is 9.80. The van der Waals surface area contributed by atoms with Crippen molar-refractivity contribution in [2.75, 3.05) is 18.6 Å². The summed E-state index contributed by atoms with van der Waals surface area (Å²) in [5, 5.41) is 3.61. The Kier molecular flexibility index (Phi) is 5.92. The zero-order valence-corrected chi connectivity index (χ0v) is 18.6. The molecule has 0 bridgehead atoms. The van der Waals surface area contributed by atoms with E-state index in [9.17, 15) is 13.2 Å². The molecule has 160 valence electrons. The maximum absolute atomic E-state index is 13.2. The number of hydrogen-bond donors (Lipinski definition) is 1. The Morgan fingerprint density at radius 2 is 1.81 bits per heavy atom. The first-order valence-electron chi connectivity index (χ1n) is 10.5. The molecule has 4 rings (SSSR count). The van der Waals surface area contributed by atoms with E-state index in [1.807, 2.05) is 42.5 Å². The number of aromatic nitrogens is 1. The van der Waals surface area contributed by atoms with Gasteiger partial charge >= 0.3 is 0 Å². The molecule has 1 amide bonds. The van der Waals surface area contributed by atoms with Gasteiger partial charge in [-0.3, -0.25) is 4.79 Å². The summed E-state index contributed by atoms with van der Waals surface area (Å²) >= 11 is 0. The molecule has 1 aliphatic rings. The zero-order valence-electron chi connectivity index (χ0n) is 17.8. The number of fused-ring (bicyclic) bond motifs is 2. The number of pyridine rings is 1. The second-order valence-corrected chi connectivity index (χ2v) is 10.6. The molecule has 3 aromatic rings. The van der Waals surface area contributed by atoms with Gasteiger partial charge in [0.1, 0.15) is 9.84 Å². The van der Waals surface area contributed by atoms with Crippen LogP contribution in [0.1, 0.15) is 40.5 Å². The van der Waals surface area contributed by atoms with Crippen LogP contribution in [-0.2, 0) is 16.3 Å². The number of sulfone groups is 1. The SMILES string of the molecule is CC1CC(=Cc2ccccc2)c2nc3ccccc3c(C(=O)NCCS(C)(=O)=O)c2C1. The number of nitrogens with zero attached hydrogens (tertiary/aromatic N) is 1. The first-order valence-corrected chi connectivity index (χ1v) is 12.5. The lowest BCUT2D eigenvalue weighted by Gasteiger charge is -2.27. The van der Waals surface area contributed by atoms with E-state index >= 15 is 0 Å². The van der Waals surface area contributed by atoms with Gasteiger partial charge in [-0.1, -0.05) is 55.5 Å². The maximum atomic E-state index is 13.2. The van der Waals surface area contributed by atoms with Crippen molar-refractivity contribution in [3.05, 3.63) is 77.0 Å². The van der Waals surface area contributed by atoms with Crippen molar-refractivity contribution >= 4 is 38.3 Å². The fourth-order valence-electron chi connectivity index (χ4n) is 4.18. The van der Waals surface area contributed by atoms with Crippen molar-refractivity contribution in [2.45, 2.75) is 19.8 Å². The van der Waals surface area contributed by atoms with E-state index in [1.54, 1.807) is 0 Å². The Balaban J connectivity index is 1.84. The number of carbonyl (C=O) groups excluding carboxylic acids is 1. The number of allylic oxidation sites excluding steroid dienone is 1. The van der Waals surface area contributed by atoms with Crippen molar-refractivity contribution in [1.82, 2.24) is 10.3 Å². The fraction of sp³-hybridized carbons (Fsp3) is 0.280. The van der Waals surface area contributed by atoms with Gasteiger partial charge in [-0.05, 0) is 47.6 Å². The van der Waals surface area contributed by atoms with Crippen LogP contribution < -0.4 is 5.32 Å². The molecule has 0 saturated carbocycles. The summed E-state index contributed by atoms with van der Waals surface area (Å²) in [4.78, 5) is 18.2. The topological polar surface area (TPSA) is 76.1 Å². The standard InChI is InChI=1S/C25H26N2O3S/c1-17-14-19(16-18-8-4-3-5-9-18)24-21(15-17)23(20-10-6-7-11-22(20)27-24)25(28)26-12-13-31(2,29)30/h3-11,16-17H,12-15H2,1-2H3,(H,26,28). The largest absolute Gasteiger partial charge is 0.351 e. The van der Waals surface area contributed by atoms with Crippen LogP contribution in [0.5, 0.6) is 0 Å². The molecular weight excluding hydrogens is 408 g/mol. The summed E-state index contributed by atoms with van der Waals surface area (Å²) < 4.78 is 23.0. The Bertz CT molecular complexity index is 1260. The van der Waals surface area contributed by atoms with Crippen LogP contribution in [-0.4, -0.2) is 37.9 Å². The number of nitrogens with one attached hydrogen (secondary N) is 1. The highest BCUT2D eigenvalue weighted by Gasteiger charge is 2.28. The predicted octanol–water partition coefficient (Wildman–Crippen LogP) is 4.13. The van der Waals surface area contributed by atoms with Crippen LogP contribution in [0.2, 0.25) is 0 Å². The molecule has 6 heteroatoms. The van der Waals surface area contributed by atoms with Gasteiger partial charge in [0.2, 0.25) is 0 Å². The third-order valence-corrected chi connectivity index (χ3v) is 6.49. The highest BCUT2D eigenvalue weighted by Crippen LogP contribution is 2.38. The molecule has 1 atom stereocenters. The van der Waals surface area contributed by atoms with Crippen LogP contribution in [0.4, 0.5) is 0 Å². The molecule has 1 heterocycles. The monoisotopic (exact) mass is 434 g/mol. The van der Waals surface area contributed by atoms with Crippen molar-refractivity contribution < 1.29 is 13.2 Å². The molecular formula is C25H26N2O3S. The highest BCUT2D eigenvalue weighted by molar-refractivity contribution is 7.90. The van der Waals surface area contributed by atoms with Gasteiger partial charge in [0, 0.05) is 18.2 Å². The molecule has 0 fully saturated rings. The Labute approximate surface area is 183 Å². The third-order valence-electron chi connectivity index (χ3n) is 5.54. The summed E-state index contributed by atoms with van der Waals surface area (Å²) in [6, 6.07) is 17.8. The minimum absolute atomic E-state index is 0.0838. The van der Waals surface area contributed by atoms with E-state index in [0.717, 1.165) is 46.1 Å². The van der Waals surface area contributed by atoms with Crippen molar-refractivity contribution in [3.8, 4) is 0 Å². The van der Waals surface area contributed by atoms with Gasteiger partial charge in [0.05, 0.1) is 22.5 Å². The second kappa shape index (κ2) is 8.63. The minimum atomic E-state index is -3.15. The normalized spacial score (nSPS) is 17.5. The summed E-state index contributed by atoms with van der Waals surface area (Å²) in [6.07, 6.45) is 4.98. The number of para-hydroxylation sites is 1. The van der Waals surface area contributed by atoms with E-state index in [-0.39, 0.29) is 18.2 Å². The van der Waals surface area contributed by atoms with Gasteiger partial charge in [-0.2, -0.15) is 0 Å². The molecule has 1 N–H and O–H groups in total. The van der Waals surface area contributed by atoms with Crippen LogP contribution in [0.25, 0.3) is 22.6 Å².